The molecule has 0 unspecified atom stereocenters. The lowest BCUT2D eigenvalue weighted by Crippen LogP contribution is -2.14. The van der Waals surface area contributed by atoms with E-state index in [-0.39, 0.29) is 0 Å². The van der Waals surface area contributed by atoms with E-state index in [9.17, 15) is 0 Å². The molecule has 0 amide bonds. The molecule has 2 N–H and O–H groups in total. The van der Waals surface area contributed by atoms with Gasteiger partial charge in [-0.05, 0) is 30.7 Å². The minimum absolute atomic E-state index is 0.497. The first-order valence-electron chi connectivity index (χ1n) is 10.2. The molecule has 7 heteroatoms. The topological polar surface area (TPSA) is 81.4 Å². The third-order valence-corrected chi connectivity index (χ3v) is 3.76. The molecule has 0 saturated heterocycles. The van der Waals surface area contributed by atoms with Crippen molar-refractivity contribution in [2.24, 2.45) is 0 Å². The van der Waals surface area contributed by atoms with Gasteiger partial charge in [-0.2, -0.15) is 0 Å². The third kappa shape index (κ3) is 15.7. The first-order valence-corrected chi connectivity index (χ1v) is 10.2. The zero-order valence-corrected chi connectivity index (χ0v) is 17.2. The molecular weight excluding hydrogens is 362 g/mol. The molecule has 0 atom stereocenters. The maximum atomic E-state index is 5.62. The van der Waals surface area contributed by atoms with Crippen LogP contribution in [0.3, 0.4) is 0 Å². The molecule has 0 aliphatic carbocycles. The van der Waals surface area contributed by atoms with Crippen LogP contribution < -0.4 is 10.5 Å². The number of nitrogen functional groups attached to an aromatic ring is 1. The molecule has 0 radical (unpaired) electrons. The Balaban J connectivity index is 1.70. The van der Waals surface area contributed by atoms with Gasteiger partial charge in [-0.1, -0.05) is 19.8 Å². The van der Waals surface area contributed by atoms with Gasteiger partial charge < -0.3 is 34.2 Å². The summed E-state index contributed by atoms with van der Waals surface area (Å²) < 4.78 is 32.7. The summed E-state index contributed by atoms with van der Waals surface area (Å²) in [5.74, 6) is 0.787. The van der Waals surface area contributed by atoms with Crippen molar-refractivity contribution in [2.45, 2.75) is 26.2 Å². The fourth-order valence-electron chi connectivity index (χ4n) is 2.22. The summed E-state index contributed by atoms with van der Waals surface area (Å²) in [6.45, 7) is 8.61. The molecule has 0 bridgehead atoms. The van der Waals surface area contributed by atoms with Crippen LogP contribution in [0.15, 0.2) is 24.3 Å². The molecule has 0 spiro atoms. The van der Waals surface area contributed by atoms with Crippen LogP contribution >= 0.6 is 0 Å². The van der Waals surface area contributed by atoms with Gasteiger partial charge in [0.25, 0.3) is 0 Å². The Morgan fingerprint density at radius 3 is 1.46 bits per heavy atom. The van der Waals surface area contributed by atoms with Gasteiger partial charge in [0.1, 0.15) is 12.4 Å². The van der Waals surface area contributed by atoms with Gasteiger partial charge in [0.15, 0.2) is 0 Å². The van der Waals surface area contributed by atoms with Gasteiger partial charge in [0.2, 0.25) is 0 Å². The summed E-state index contributed by atoms with van der Waals surface area (Å²) in [5, 5.41) is 0. The average Bonchev–Trinajstić information content (AvgIpc) is 2.71. The number of hydrogen-bond acceptors (Lipinski definition) is 7. The highest BCUT2D eigenvalue weighted by Crippen LogP contribution is 2.12. The smallest absolute Gasteiger partial charge is 0.119 e. The number of nitrogens with two attached hydrogens (primary N) is 1. The van der Waals surface area contributed by atoms with Crippen molar-refractivity contribution in [3.05, 3.63) is 24.3 Å². The summed E-state index contributed by atoms with van der Waals surface area (Å²) in [6.07, 6.45) is 3.57. The highest BCUT2D eigenvalue weighted by Gasteiger charge is 1.95. The van der Waals surface area contributed by atoms with Crippen LogP contribution in [0.4, 0.5) is 5.69 Å². The molecule has 28 heavy (non-hydrogen) atoms. The van der Waals surface area contributed by atoms with E-state index in [4.69, 9.17) is 34.2 Å². The minimum Gasteiger partial charge on any atom is -0.491 e. The average molecular weight is 400 g/mol. The standard InChI is InChI=1S/C21H37NO6/c1-2-3-4-9-23-10-11-24-12-13-25-14-15-26-16-17-27-18-19-28-21-7-5-20(22)6-8-21/h5-8H,2-4,9-19,22H2,1H3. The van der Waals surface area contributed by atoms with E-state index in [1.807, 2.05) is 24.3 Å². The van der Waals surface area contributed by atoms with Crippen molar-refractivity contribution in [1.29, 1.82) is 0 Å². The Labute approximate surface area is 169 Å². The number of hydrogen-bond donors (Lipinski definition) is 1. The van der Waals surface area contributed by atoms with Gasteiger partial charge in [-0.15, -0.1) is 0 Å². The van der Waals surface area contributed by atoms with Gasteiger partial charge in [0, 0.05) is 12.3 Å². The second-order valence-electron chi connectivity index (χ2n) is 6.19. The van der Waals surface area contributed by atoms with Crippen LogP contribution in [0.1, 0.15) is 26.2 Å². The first-order chi connectivity index (χ1) is 13.8. The second kappa shape index (κ2) is 19.0. The number of unbranched alkanes of at least 4 members (excludes halogenated alkanes) is 2. The predicted molar refractivity (Wildman–Crippen MR) is 110 cm³/mol. The van der Waals surface area contributed by atoms with Crippen LogP contribution in [0, 0.1) is 0 Å². The summed E-state index contributed by atoms with van der Waals surface area (Å²) in [5.41, 5.74) is 6.34. The minimum atomic E-state index is 0.497. The van der Waals surface area contributed by atoms with E-state index in [1.165, 1.54) is 12.8 Å². The molecule has 162 valence electrons. The van der Waals surface area contributed by atoms with E-state index in [0.29, 0.717) is 66.1 Å². The van der Waals surface area contributed by atoms with Gasteiger partial charge in [0.05, 0.1) is 59.5 Å². The van der Waals surface area contributed by atoms with Crippen molar-refractivity contribution in [3.63, 3.8) is 0 Å². The molecular formula is C21H37NO6. The molecule has 0 saturated carbocycles. The van der Waals surface area contributed by atoms with Crippen molar-refractivity contribution >= 4 is 5.69 Å². The van der Waals surface area contributed by atoms with Crippen molar-refractivity contribution in [1.82, 2.24) is 0 Å². The second-order valence-corrected chi connectivity index (χ2v) is 6.19. The zero-order valence-electron chi connectivity index (χ0n) is 17.2. The largest absolute Gasteiger partial charge is 0.491 e. The van der Waals surface area contributed by atoms with Gasteiger partial charge in [-0.3, -0.25) is 0 Å². The third-order valence-electron chi connectivity index (χ3n) is 3.76. The molecule has 1 aromatic rings. The maximum Gasteiger partial charge on any atom is 0.119 e. The predicted octanol–water partition coefficient (Wildman–Crippen LogP) is 2.92. The lowest BCUT2D eigenvalue weighted by Gasteiger charge is -2.09. The maximum absolute atomic E-state index is 5.62. The molecule has 1 aromatic carbocycles. The Kier molecular flexibility index (Phi) is 16.7. The van der Waals surface area contributed by atoms with Crippen LogP contribution in [0.5, 0.6) is 5.75 Å². The summed E-state index contributed by atoms with van der Waals surface area (Å²) in [7, 11) is 0. The summed E-state index contributed by atoms with van der Waals surface area (Å²) in [6, 6.07) is 7.29. The highest BCUT2D eigenvalue weighted by atomic mass is 16.6. The number of benzene rings is 1. The number of rotatable bonds is 20. The zero-order chi connectivity index (χ0) is 20.1. The van der Waals surface area contributed by atoms with Crippen LogP contribution in [-0.2, 0) is 23.7 Å². The molecule has 0 aliphatic heterocycles. The van der Waals surface area contributed by atoms with Crippen molar-refractivity contribution < 1.29 is 28.4 Å². The SMILES string of the molecule is CCCCCOCCOCCOCCOCCOCCOc1ccc(N)cc1. The van der Waals surface area contributed by atoms with Crippen molar-refractivity contribution in [3.8, 4) is 5.75 Å². The Morgan fingerprint density at radius 1 is 0.571 bits per heavy atom. The highest BCUT2D eigenvalue weighted by molar-refractivity contribution is 5.41. The fraction of sp³-hybridized carbons (Fsp3) is 0.714. The molecule has 1 rings (SSSR count). The first kappa shape index (κ1) is 24.7. The summed E-state index contributed by atoms with van der Waals surface area (Å²) >= 11 is 0. The normalized spacial score (nSPS) is 11.0. The van der Waals surface area contributed by atoms with Gasteiger partial charge >= 0.3 is 0 Å². The molecule has 0 heterocycles. The number of anilines is 1. The molecule has 0 fully saturated rings. The van der Waals surface area contributed by atoms with Gasteiger partial charge in [-0.25, -0.2) is 0 Å². The van der Waals surface area contributed by atoms with E-state index < -0.39 is 0 Å². The molecule has 0 aromatic heterocycles. The quantitative estimate of drug-likeness (QED) is 0.267. The fourth-order valence-corrected chi connectivity index (χ4v) is 2.22. The lowest BCUT2D eigenvalue weighted by atomic mass is 10.3. The number of ether oxygens (including phenoxy) is 6. The Hall–Kier alpha value is -1.38. The lowest BCUT2D eigenvalue weighted by molar-refractivity contribution is -0.0128. The molecule has 7 nitrogen and oxygen atoms in total. The van der Waals surface area contributed by atoms with E-state index in [0.717, 1.165) is 24.5 Å². The van der Waals surface area contributed by atoms with E-state index >= 15 is 0 Å². The Bertz CT molecular complexity index is 443. The van der Waals surface area contributed by atoms with Crippen LogP contribution in [0.2, 0.25) is 0 Å². The Morgan fingerprint density at radius 2 is 1.00 bits per heavy atom. The van der Waals surface area contributed by atoms with E-state index in [2.05, 4.69) is 6.92 Å². The van der Waals surface area contributed by atoms with Crippen LogP contribution in [-0.4, -0.2) is 72.7 Å². The van der Waals surface area contributed by atoms with Crippen molar-refractivity contribution in [2.75, 3.05) is 78.4 Å². The monoisotopic (exact) mass is 399 g/mol. The summed E-state index contributed by atoms with van der Waals surface area (Å²) in [4.78, 5) is 0. The van der Waals surface area contributed by atoms with E-state index in [1.54, 1.807) is 0 Å². The molecule has 0 aliphatic rings. The van der Waals surface area contributed by atoms with Crippen LogP contribution in [0.25, 0.3) is 0 Å².